The van der Waals surface area contributed by atoms with Crippen LogP contribution in [0.2, 0.25) is 0 Å². The Bertz CT molecular complexity index is 512. The van der Waals surface area contributed by atoms with Crippen molar-refractivity contribution >= 4 is 11.6 Å². The number of hydrogen-bond acceptors (Lipinski definition) is 3. The number of carbonyl (C=O) groups is 1. The zero-order chi connectivity index (χ0) is 15.2. The van der Waals surface area contributed by atoms with Crippen LogP contribution in [0.1, 0.15) is 32.3 Å². The highest BCUT2D eigenvalue weighted by Crippen LogP contribution is 2.14. The first-order valence-electron chi connectivity index (χ1n) is 7.25. The predicted octanol–water partition coefficient (Wildman–Crippen LogP) is 2.68. The van der Waals surface area contributed by atoms with Crippen LogP contribution in [-0.4, -0.2) is 24.3 Å². The first-order chi connectivity index (χ1) is 10.0. The SMILES string of the molecule is CC(C)CC(=O)NCC1CC(Cc2ccc(F)cc2)=NO1. The summed E-state index contributed by atoms with van der Waals surface area (Å²) in [5.74, 6) is 0.148. The number of nitrogens with one attached hydrogen (secondary N) is 1. The molecule has 21 heavy (non-hydrogen) atoms. The summed E-state index contributed by atoms with van der Waals surface area (Å²) in [6.45, 7) is 4.49. The summed E-state index contributed by atoms with van der Waals surface area (Å²) in [7, 11) is 0. The van der Waals surface area contributed by atoms with E-state index in [2.05, 4.69) is 10.5 Å². The van der Waals surface area contributed by atoms with E-state index in [1.807, 2.05) is 13.8 Å². The third-order valence-electron chi connectivity index (χ3n) is 3.24. The zero-order valence-electron chi connectivity index (χ0n) is 12.4. The average molecular weight is 292 g/mol. The third kappa shape index (κ3) is 5.17. The molecule has 0 saturated heterocycles. The summed E-state index contributed by atoms with van der Waals surface area (Å²) in [5, 5.41) is 6.91. The molecular weight excluding hydrogens is 271 g/mol. The highest BCUT2D eigenvalue weighted by molar-refractivity contribution is 5.87. The number of benzene rings is 1. The number of nitrogens with zero attached hydrogens (tertiary/aromatic N) is 1. The monoisotopic (exact) mass is 292 g/mol. The van der Waals surface area contributed by atoms with Gasteiger partial charge in [-0.3, -0.25) is 4.79 Å². The van der Waals surface area contributed by atoms with Gasteiger partial charge in [-0.05, 0) is 23.6 Å². The average Bonchev–Trinajstić information content (AvgIpc) is 2.86. The van der Waals surface area contributed by atoms with Crippen molar-refractivity contribution < 1.29 is 14.0 Å². The molecule has 1 amide bonds. The Kier molecular flexibility index (Phi) is 5.31. The molecule has 0 fully saturated rings. The lowest BCUT2D eigenvalue weighted by Crippen LogP contribution is -2.32. The molecule has 1 aliphatic heterocycles. The van der Waals surface area contributed by atoms with Crippen molar-refractivity contribution in [1.29, 1.82) is 0 Å². The van der Waals surface area contributed by atoms with Gasteiger partial charge in [0.1, 0.15) is 11.9 Å². The fourth-order valence-corrected chi connectivity index (χ4v) is 2.21. The van der Waals surface area contributed by atoms with E-state index < -0.39 is 0 Å². The molecule has 0 aromatic heterocycles. The Hall–Kier alpha value is -1.91. The van der Waals surface area contributed by atoms with E-state index in [0.29, 0.717) is 31.7 Å². The summed E-state index contributed by atoms with van der Waals surface area (Å²) >= 11 is 0. The Balaban J connectivity index is 1.73. The van der Waals surface area contributed by atoms with Crippen molar-refractivity contribution in [3.8, 4) is 0 Å². The van der Waals surface area contributed by atoms with Crippen molar-refractivity contribution in [2.45, 2.75) is 39.2 Å². The van der Waals surface area contributed by atoms with Crippen LogP contribution < -0.4 is 5.32 Å². The van der Waals surface area contributed by atoms with Crippen LogP contribution in [-0.2, 0) is 16.1 Å². The Morgan fingerprint density at radius 1 is 1.43 bits per heavy atom. The van der Waals surface area contributed by atoms with E-state index in [1.165, 1.54) is 12.1 Å². The van der Waals surface area contributed by atoms with Gasteiger partial charge in [-0.1, -0.05) is 31.1 Å². The van der Waals surface area contributed by atoms with Gasteiger partial charge in [0.15, 0.2) is 0 Å². The molecule has 1 aromatic carbocycles. The molecule has 0 bridgehead atoms. The minimum absolute atomic E-state index is 0.0422. The highest BCUT2D eigenvalue weighted by Gasteiger charge is 2.21. The third-order valence-corrected chi connectivity index (χ3v) is 3.24. The van der Waals surface area contributed by atoms with E-state index in [-0.39, 0.29) is 17.8 Å². The number of halogens is 1. The molecule has 0 spiro atoms. The van der Waals surface area contributed by atoms with Crippen LogP contribution in [0.5, 0.6) is 0 Å². The molecule has 0 saturated carbocycles. The van der Waals surface area contributed by atoms with Gasteiger partial charge in [0.2, 0.25) is 5.91 Å². The fourth-order valence-electron chi connectivity index (χ4n) is 2.21. The highest BCUT2D eigenvalue weighted by atomic mass is 19.1. The minimum Gasteiger partial charge on any atom is -0.390 e. The lowest BCUT2D eigenvalue weighted by molar-refractivity contribution is -0.122. The van der Waals surface area contributed by atoms with Crippen LogP contribution in [0.4, 0.5) is 4.39 Å². The largest absolute Gasteiger partial charge is 0.390 e. The number of amides is 1. The lowest BCUT2D eigenvalue weighted by Gasteiger charge is -2.10. The van der Waals surface area contributed by atoms with Gasteiger partial charge in [0.25, 0.3) is 0 Å². The molecule has 4 nitrogen and oxygen atoms in total. The minimum atomic E-state index is -0.242. The van der Waals surface area contributed by atoms with Crippen molar-refractivity contribution in [3.05, 3.63) is 35.6 Å². The molecule has 1 N–H and O–H groups in total. The second-order valence-corrected chi connectivity index (χ2v) is 5.79. The molecule has 5 heteroatoms. The van der Waals surface area contributed by atoms with Crippen LogP contribution in [0.25, 0.3) is 0 Å². The van der Waals surface area contributed by atoms with Crippen LogP contribution in [0.15, 0.2) is 29.4 Å². The normalized spacial score (nSPS) is 17.5. The van der Waals surface area contributed by atoms with Gasteiger partial charge in [0.05, 0.1) is 12.3 Å². The van der Waals surface area contributed by atoms with Crippen molar-refractivity contribution in [2.24, 2.45) is 11.1 Å². The van der Waals surface area contributed by atoms with E-state index in [4.69, 9.17) is 4.84 Å². The van der Waals surface area contributed by atoms with E-state index in [0.717, 1.165) is 11.3 Å². The molecule has 1 aliphatic rings. The molecule has 1 heterocycles. The maximum Gasteiger partial charge on any atom is 0.220 e. The summed E-state index contributed by atoms with van der Waals surface area (Å²) in [4.78, 5) is 16.9. The number of hydrogen-bond donors (Lipinski definition) is 1. The number of rotatable bonds is 6. The van der Waals surface area contributed by atoms with Gasteiger partial charge in [-0.2, -0.15) is 0 Å². The van der Waals surface area contributed by atoms with Crippen molar-refractivity contribution in [1.82, 2.24) is 5.32 Å². The van der Waals surface area contributed by atoms with E-state index >= 15 is 0 Å². The fraction of sp³-hybridized carbons (Fsp3) is 0.500. The van der Waals surface area contributed by atoms with Gasteiger partial charge < -0.3 is 10.2 Å². The summed E-state index contributed by atoms with van der Waals surface area (Å²) in [5.41, 5.74) is 1.92. The Morgan fingerprint density at radius 2 is 2.14 bits per heavy atom. The van der Waals surface area contributed by atoms with Crippen molar-refractivity contribution in [3.63, 3.8) is 0 Å². The predicted molar refractivity (Wildman–Crippen MR) is 79.5 cm³/mol. The van der Waals surface area contributed by atoms with Crippen LogP contribution in [0, 0.1) is 11.7 Å². The molecule has 0 aliphatic carbocycles. The number of oxime groups is 1. The second kappa shape index (κ2) is 7.20. The van der Waals surface area contributed by atoms with E-state index in [1.54, 1.807) is 12.1 Å². The van der Waals surface area contributed by atoms with Gasteiger partial charge in [0, 0.05) is 19.3 Å². The maximum absolute atomic E-state index is 12.8. The molecule has 1 aromatic rings. The van der Waals surface area contributed by atoms with Crippen LogP contribution in [0.3, 0.4) is 0 Å². The standard InChI is InChI=1S/C16H21FN2O2/c1-11(2)7-16(20)18-10-15-9-14(19-21-15)8-12-3-5-13(17)6-4-12/h3-6,11,15H,7-10H2,1-2H3,(H,18,20). The molecule has 1 unspecified atom stereocenters. The molecule has 114 valence electrons. The lowest BCUT2D eigenvalue weighted by atomic mass is 10.0. The van der Waals surface area contributed by atoms with Gasteiger partial charge >= 0.3 is 0 Å². The molecular formula is C16H21FN2O2. The molecule has 0 radical (unpaired) electrons. The van der Waals surface area contributed by atoms with Crippen molar-refractivity contribution in [2.75, 3.05) is 6.54 Å². The summed E-state index contributed by atoms with van der Waals surface area (Å²) in [6.07, 6.45) is 1.77. The zero-order valence-corrected chi connectivity index (χ0v) is 12.4. The summed E-state index contributed by atoms with van der Waals surface area (Å²) in [6, 6.07) is 6.37. The Labute approximate surface area is 124 Å². The quantitative estimate of drug-likeness (QED) is 0.876. The van der Waals surface area contributed by atoms with Gasteiger partial charge in [-0.25, -0.2) is 4.39 Å². The van der Waals surface area contributed by atoms with Gasteiger partial charge in [-0.15, -0.1) is 0 Å². The Morgan fingerprint density at radius 3 is 2.81 bits per heavy atom. The number of carbonyl (C=O) groups excluding carboxylic acids is 1. The molecule has 2 rings (SSSR count). The molecule has 1 atom stereocenters. The maximum atomic E-state index is 12.8. The second-order valence-electron chi connectivity index (χ2n) is 5.79. The first-order valence-corrected chi connectivity index (χ1v) is 7.25. The topological polar surface area (TPSA) is 50.7 Å². The van der Waals surface area contributed by atoms with Crippen LogP contribution >= 0.6 is 0 Å². The van der Waals surface area contributed by atoms with E-state index in [9.17, 15) is 9.18 Å². The smallest absolute Gasteiger partial charge is 0.220 e. The summed E-state index contributed by atoms with van der Waals surface area (Å²) < 4.78 is 12.8. The first kappa shape index (κ1) is 15.5.